The molecule has 5 heteroatoms. The van der Waals surface area contributed by atoms with Crippen LogP contribution in [0.25, 0.3) is 11.0 Å². The minimum Gasteiger partial charge on any atom is -0.394 e. The van der Waals surface area contributed by atoms with E-state index in [0.29, 0.717) is 6.42 Å². The lowest BCUT2D eigenvalue weighted by Crippen LogP contribution is -2.24. The molecule has 17 heavy (non-hydrogen) atoms. The van der Waals surface area contributed by atoms with Crippen LogP contribution in [0.1, 0.15) is 12.6 Å². The maximum atomic E-state index is 9.71. The van der Waals surface area contributed by atoms with Crippen LogP contribution >= 0.6 is 0 Å². The first kappa shape index (κ1) is 10.7. The summed E-state index contributed by atoms with van der Waals surface area (Å²) in [6.07, 6.45) is 2.73. The smallest absolute Gasteiger partial charge is 0.141 e. The fourth-order valence-electron chi connectivity index (χ4n) is 2.27. The molecule has 0 amide bonds. The molecule has 3 heterocycles. The van der Waals surface area contributed by atoms with Crippen LogP contribution in [0.15, 0.2) is 30.6 Å². The molecule has 1 aliphatic heterocycles. The van der Waals surface area contributed by atoms with Crippen LogP contribution in [-0.2, 0) is 4.74 Å². The van der Waals surface area contributed by atoms with Crippen LogP contribution in [0.3, 0.4) is 0 Å². The van der Waals surface area contributed by atoms with Gasteiger partial charge in [0.2, 0.25) is 0 Å². The zero-order valence-electron chi connectivity index (χ0n) is 9.23. The first-order chi connectivity index (χ1) is 8.29. The monoisotopic (exact) mass is 234 g/mol. The van der Waals surface area contributed by atoms with Crippen LogP contribution in [0.5, 0.6) is 0 Å². The Bertz CT molecular complexity index is 525. The van der Waals surface area contributed by atoms with Gasteiger partial charge in [-0.3, -0.25) is 0 Å². The van der Waals surface area contributed by atoms with Crippen LogP contribution in [-0.4, -0.2) is 38.6 Å². The Morgan fingerprint density at radius 2 is 2.35 bits per heavy atom. The molecule has 0 saturated carbocycles. The Kier molecular flexibility index (Phi) is 2.58. The summed E-state index contributed by atoms with van der Waals surface area (Å²) in [5, 5.41) is 19.8. The van der Waals surface area contributed by atoms with Gasteiger partial charge in [-0.2, -0.15) is 0 Å². The summed E-state index contributed by atoms with van der Waals surface area (Å²) in [7, 11) is 0. The van der Waals surface area contributed by atoms with Gasteiger partial charge in [-0.15, -0.1) is 0 Å². The molecule has 5 nitrogen and oxygen atoms in total. The molecule has 3 rings (SSSR count). The summed E-state index contributed by atoms with van der Waals surface area (Å²) in [6.45, 7) is -0.162. The maximum absolute atomic E-state index is 9.71. The van der Waals surface area contributed by atoms with Gasteiger partial charge < -0.3 is 19.5 Å². The number of pyridine rings is 1. The van der Waals surface area contributed by atoms with Crippen molar-refractivity contribution in [1.29, 1.82) is 0 Å². The molecule has 2 N–H and O–H groups in total. The molecular weight excluding hydrogens is 220 g/mol. The molecular formula is C12H14N2O3. The van der Waals surface area contributed by atoms with Crippen LogP contribution in [0.4, 0.5) is 0 Å². The Balaban J connectivity index is 1.95. The van der Waals surface area contributed by atoms with E-state index in [4.69, 9.17) is 9.84 Å². The third-order valence-electron chi connectivity index (χ3n) is 3.17. The molecule has 3 atom stereocenters. The summed E-state index contributed by atoms with van der Waals surface area (Å²) in [5.74, 6) is 0. The van der Waals surface area contributed by atoms with Crippen molar-refractivity contribution in [1.82, 2.24) is 9.55 Å². The molecule has 2 aromatic heterocycles. The van der Waals surface area contributed by atoms with Gasteiger partial charge in [0, 0.05) is 24.2 Å². The Labute approximate surface area is 98.3 Å². The molecule has 0 unspecified atom stereocenters. The largest absolute Gasteiger partial charge is 0.394 e. The van der Waals surface area contributed by atoms with Crippen molar-refractivity contribution in [2.75, 3.05) is 6.61 Å². The predicted octanol–water partition coefficient (Wildman–Crippen LogP) is 0.677. The average Bonchev–Trinajstić information content (AvgIpc) is 2.92. The second-order valence-electron chi connectivity index (χ2n) is 4.25. The quantitative estimate of drug-likeness (QED) is 0.801. The highest BCUT2D eigenvalue weighted by atomic mass is 16.5. The van der Waals surface area contributed by atoms with E-state index in [2.05, 4.69) is 4.98 Å². The molecule has 90 valence electrons. The van der Waals surface area contributed by atoms with Crippen molar-refractivity contribution in [3.8, 4) is 0 Å². The Morgan fingerprint density at radius 1 is 1.47 bits per heavy atom. The molecule has 2 aromatic rings. The highest BCUT2D eigenvalue weighted by Crippen LogP contribution is 2.31. The molecule has 0 radical (unpaired) electrons. The van der Waals surface area contributed by atoms with Crippen molar-refractivity contribution < 1.29 is 14.9 Å². The van der Waals surface area contributed by atoms with E-state index >= 15 is 0 Å². The van der Waals surface area contributed by atoms with Crippen molar-refractivity contribution in [3.63, 3.8) is 0 Å². The fourth-order valence-corrected chi connectivity index (χ4v) is 2.27. The van der Waals surface area contributed by atoms with Crippen LogP contribution < -0.4 is 0 Å². The summed E-state index contributed by atoms with van der Waals surface area (Å²) in [5.41, 5.74) is 0.836. The van der Waals surface area contributed by atoms with Gasteiger partial charge >= 0.3 is 0 Å². The SMILES string of the molecule is OC[C@H]1O[C@H](n2ccc3cccnc32)C[C@@H]1O. The highest BCUT2D eigenvalue weighted by molar-refractivity contribution is 5.75. The second kappa shape index (κ2) is 4.10. The number of nitrogens with zero attached hydrogens (tertiary/aromatic N) is 2. The van der Waals surface area contributed by atoms with E-state index in [1.165, 1.54) is 0 Å². The summed E-state index contributed by atoms with van der Waals surface area (Å²) >= 11 is 0. The van der Waals surface area contributed by atoms with Crippen molar-refractivity contribution in [3.05, 3.63) is 30.6 Å². The van der Waals surface area contributed by atoms with Crippen molar-refractivity contribution in [2.45, 2.75) is 24.9 Å². The van der Waals surface area contributed by atoms with Crippen molar-refractivity contribution in [2.24, 2.45) is 0 Å². The third kappa shape index (κ3) is 1.72. The van der Waals surface area contributed by atoms with Gasteiger partial charge in [0.05, 0.1) is 12.7 Å². The van der Waals surface area contributed by atoms with Gasteiger partial charge in [-0.05, 0) is 18.2 Å². The standard InChI is InChI=1S/C12H14N2O3/c15-7-10-9(16)6-11(17-10)14-5-3-8-2-1-4-13-12(8)14/h1-5,9-11,15-16H,6-7H2/t9-,10+,11-/m0/s1. The number of hydrogen-bond donors (Lipinski definition) is 2. The van der Waals surface area contributed by atoms with Crippen LogP contribution in [0.2, 0.25) is 0 Å². The lowest BCUT2D eigenvalue weighted by molar-refractivity contribution is -0.0430. The van der Waals surface area contributed by atoms with Gasteiger partial charge in [0.1, 0.15) is 18.0 Å². The highest BCUT2D eigenvalue weighted by Gasteiger charge is 2.34. The van der Waals surface area contributed by atoms with Gasteiger partial charge in [0.25, 0.3) is 0 Å². The summed E-state index contributed by atoms with van der Waals surface area (Å²) in [4.78, 5) is 4.30. The molecule has 0 aliphatic carbocycles. The summed E-state index contributed by atoms with van der Waals surface area (Å²) in [6, 6.07) is 5.83. The topological polar surface area (TPSA) is 67.5 Å². The maximum Gasteiger partial charge on any atom is 0.141 e. The minimum absolute atomic E-state index is 0.162. The first-order valence-corrected chi connectivity index (χ1v) is 5.65. The Morgan fingerprint density at radius 3 is 3.12 bits per heavy atom. The molecule has 0 aromatic carbocycles. The number of ether oxygens (including phenoxy) is 1. The van der Waals surface area contributed by atoms with E-state index in [1.54, 1.807) is 6.20 Å². The fraction of sp³-hybridized carbons (Fsp3) is 0.417. The first-order valence-electron chi connectivity index (χ1n) is 5.65. The van der Waals surface area contributed by atoms with Crippen molar-refractivity contribution >= 4 is 11.0 Å². The number of fused-ring (bicyclic) bond motifs is 1. The molecule has 1 saturated heterocycles. The lowest BCUT2D eigenvalue weighted by Gasteiger charge is -2.14. The molecule has 1 aliphatic rings. The minimum atomic E-state index is -0.619. The van der Waals surface area contributed by atoms with E-state index in [9.17, 15) is 5.11 Å². The number of rotatable bonds is 2. The van der Waals surface area contributed by atoms with E-state index in [0.717, 1.165) is 11.0 Å². The zero-order chi connectivity index (χ0) is 11.8. The molecule has 0 bridgehead atoms. The Hall–Kier alpha value is -1.43. The van der Waals surface area contributed by atoms with Gasteiger partial charge in [0.15, 0.2) is 0 Å². The van der Waals surface area contributed by atoms with Gasteiger partial charge in [-0.1, -0.05) is 0 Å². The number of aromatic nitrogens is 2. The summed E-state index contributed by atoms with van der Waals surface area (Å²) < 4.78 is 7.50. The second-order valence-corrected chi connectivity index (χ2v) is 4.25. The zero-order valence-corrected chi connectivity index (χ0v) is 9.23. The van der Waals surface area contributed by atoms with E-state index < -0.39 is 12.2 Å². The lowest BCUT2D eigenvalue weighted by atomic mass is 10.2. The third-order valence-corrected chi connectivity index (χ3v) is 3.17. The normalized spacial score (nSPS) is 28.9. The molecule has 0 spiro atoms. The number of aliphatic hydroxyl groups excluding tert-OH is 2. The number of aliphatic hydroxyl groups is 2. The average molecular weight is 234 g/mol. The predicted molar refractivity (Wildman–Crippen MR) is 61.4 cm³/mol. The van der Waals surface area contributed by atoms with Gasteiger partial charge in [-0.25, -0.2) is 4.98 Å². The van der Waals surface area contributed by atoms with Crippen LogP contribution in [0, 0.1) is 0 Å². The molecule has 1 fully saturated rings. The van der Waals surface area contributed by atoms with E-state index in [-0.39, 0.29) is 12.8 Å². The van der Waals surface area contributed by atoms with E-state index in [1.807, 2.05) is 29.0 Å². The number of hydrogen-bond acceptors (Lipinski definition) is 4.